The minimum absolute atomic E-state index is 0.856. The lowest BCUT2D eigenvalue weighted by Gasteiger charge is -2.24. The predicted octanol–water partition coefficient (Wildman–Crippen LogP) is 6.51. The average molecular weight is 428 g/mol. The highest BCUT2D eigenvalue weighted by Gasteiger charge is 2.29. The number of anilines is 6. The van der Waals surface area contributed by atoms with Crippen molar-refractivity contribution in [3.63, 3.8) is 0 Å². The predicted molar refractivity (Wildman–Crippen MR) is 136 cm³/mol. The lowest BCUT2D eigenvalue weighted by molar-refractivity contribution is 0.731. The van der Waals surface area contributed by atoms with Crippen LogP contribution in [0.5, 0.6) is 0 Å². The molecule has 1 aromatic heterocycles. The molecule has 0 amide bonds. The first-order chi connectivity index (χ1) is 15.8. The van der Waals surface area contributed by atoms with Gasteiger partial charge in [0.2, 0.25) is 0 Å². The summed E-state index contributed by atoms with van der Waals surface area (Å²) in [5, 5.41) is 0. The first kappa shape index (κ1) is 20.7. The van der Waals surface area contributed by atoms with Crippen LogP contribution in [-0.2, 0) is 0 Å². The maximum Gasteiger partial charge on any atom is 0.136 e. The van der Waals surface area contributed by atoms with E-state index in [4.69, 9.17) is 4.98 Å². The van der Waals surface area contributed by atoms with Gasteiger partial charge in [0, 0.05) is 13.1 Å². The summed E-state index contributed by atoms with van der Waals surface area (Å²) in [6.45, 7) is 8.38. The van der Waals surface area contributed by atoms with Gasteiger partial charge in [-0.3, -0.25) is 0 Å². The number of para-hydroxylation sites is 4. The van der Waals surface area contributed by atoms with E-state index < -0.39 is 0 Å². The number of aromatic nitrogens is 1. The smallest absolute Gasteiger partial charge is 0.136 e. The lowest BCUT2D eigenvalue weighted by Crippen LogP contribution is -2.30. The molecule has 5 heteroatoms. The number of unbranched alkanes of at least 4 members (excludes halogenated alkanes) is 2. The third-order valence-corrected chi connectivity index (χ3v) is 6.49. The second-order valence-electron chi connectivity index (χ2n) is 8.70. The molecule has 0 atom stereocenters. The van der Waals surface area contributed by atoms with Crippen molar-refractivity contribution in [2.45, 2.75) is 39.5 Å². The van der Waals surface area contributed by atoms with E-state index in [1.165, 1.54) is 48.4 Å². The van der Waals surface area contributed by atoms with Gasteiger partial charge < -0.3 is 19.6 Å². The van der Waals surface area contributed by atoms with Crippen LogP contribution in [-0.4, -0.2) is 31.4 Å². The number of nitrogens with zero attached hydrogens (tertiary/aromatic N) is 5. The Morgan fingerprint density at radius 2 is 1.03 bits per heavy atom. The van der Waals surface area contributed by atoms with Crippen molar-refractivity contribution >= 4 is 34.4 Å². The number of rotatable bonds is 8. The number of hydrogen-bond donors (Lipinski definition) is 0. The molecular formula is C27H33N5. The second kappa shape index (κ2) is 9.11. The molecule has 166 valence electrons. The molecule has 2 aliphatic rings. The maximum absolute atomic E-state index is 5.16. The quantitative estimate of drug-likeness (QED) is 0.408. The van der Waals surface area contributed by atoms with E-state index in [9.17, 15) is 0 Å². The average Bonchev–Trinajstić information content (AvgIpc) is 3.40. The summed E-state index contributed by atoms with van der Waals surface area (Å²) in [5.74, 6) is 2.02. The summed E-state index contributed by atoms with van der Waals surface area (Å²) in [5.41, 5.74) is 5.12. The molecule has 3 aromatic rings. The molecule has 0 saturated carbocycles. The van der Waals surface area contributed by atoms with Crippen molar-refractivity contribution in [1.29, 1.82) is 0 Å². The monoisotopic (exact) mass is 427 g/mol. The molecule has 0 spiro atoms. The molecule has 0 saturated heterocycles. The van der Waals surface area contributed by atoms with Gasteiger partial charge in [-0.05, 0) is 49.2 Å². The summed E-state index contributed by atoms with van der Waals surface area (Å²) < 4.78 is 0. The highest BCUT2D eigenvalue weighted by atomic mass is 15.4. The number of benzene rings is 2. The minimum atomic E-state index is 0.856. The fourth-order valence-electron chi connectivity index (χ4n) is 4.75. The Kier molecular flexibility index (Phi) is 5.89. The van der Waals surface area contributed by atoms with E-state index in [1.54, 1.807) is 0 Å². The van der Waals surface area contributed by atoms with Crippen LogP contribution in [0.25, 0.3) is 0 Å². The van der Waals surface area contributed by atoms with Crippen molar-refractivity contribution in [1.82, 2.24) is 4.98 Å². The molecule has 2 aromatic carbocycles. The van der Waals surface area contributed by atoms with Crippen LogP contribution in [0.15, 0.2) is 66.7 Å². The summed E-state index contributed by atoms with van der Waals surface area (Å²) >= 11 is 0. The Morgan fingerprint density at radius 1 is 0.594 bits per heavy atom. The van der Waals surface area contributed by atoms with Gasteiger partial charge in [0.1, 0.15) is 11.6 Å². The van der Waals surface area contributed by atoms with E-state index in [-0.39, 0.29) is 0 Å². The van der Waals surface area contributed by atoms with Gasteiger partial charge in [-0.25, -0.2) is 4.98 Å². The van der Waals surface area contributed by atoms with Gasteiger partial charge in [-0.2, -0.15) is 0 Å². The van der Waals surface area contributed by atoms with Crippen LogP contribution in [0.1, 0.15) is 39.5 Å². The van der Waals surface area contributed by atoms with E-state index in [2.05, 4.69) is 100 Å². The van der Waals surface area contributed by atoms with Crippen LogP contribution < -0.4 is 19.6 Å². The molecule has 5 rings (SSSR count). The highest BCUT2D eigenvalue weighted by Crippen LogP contribution is 2.42. The normalized spacial score (nSPS) is 14.8. The second-order valence-corrected chi connectivity index (χ2v) is 8.70. The van der Waals surface area contributed by atoms with Crippen molar-refractivity contribution < 1.29 is 0 Å². The lowest BCUT2D eigenvalue weighted by atomic mass is 10.2. The van der Waals surface area contributed by atoms with Gasteiger partial charge >= 0.3 is 0 Å². The fraction of sp³-hybridized carbons (Fsp3) is 0.370. The van der Waals surface area contributed by atoms with Gasteiger partial charge in [-0.15, -0.1) is 0 Å². The Hall–Kier alpha value is -3.21. The molecular weight excluding hydrogens is 394 g/mol. The Balaban J connectivity index is 1.45. The van der Waals surface area contributed by atoms with Crippen molar-refractivity contribution in [2.24, 2.45) is 0 Å². The first-order valence-electron chi connectivity index (χ1n) is 12.0. The Morgan fingerprint density at radius 3 is 1.47 bits per heavy atom. The van der Waals surface area contributed by atoms with E-state index in [0.29, 0.717) is 0 Å². The highest BCUT2D eigenvalue weighted by molar-refractivity contribution is 5.84. The van der Waals surface area contributed by atoms with Crippen molar-refractivity contribution in [3.8, 4) is 0 Å². The molecule has 0 unspecified atom stereocenters. The maximum atomic E-state index is 5.16. The van der Waals surface area contributed by atoms with E-state index in [1.807, 2.05) is 0 Å². The zero-order valence-corrected chi connectivity index (χ0v) is 19.2. The molecule has 3 heterocycles. The van der Waals surface area contributed by atoms with Gasteiger partial charge in [-0.1, -0.05) is 57.0 Å². The van der Waals surface area contributed by atoms with Crippen LogP contribution >= 0.6 is 0 Å². The number of fused-ring (bicyclic) bond motifs is 2. The first-order valence-corrected chi connectivity index (χ1v) is 12.0. The summed E-state index contributed by atoms with van der Waals surface area (Å²) in [4.78, 5) is 14.8. The molecule has 0 N–H and O–H groups in total. The fourth-order valence-corrected chi connectivity index (χ4v) is 4.75. The van der Waals surface area contributed by atoms with E-state index >= 15 is 0 Å². The minimum Gasteiger partial charge on any atom is -0.352 e. The van der Waals surface area contributed by atoms with Gasteiger partial charge in [0.05, 0.1) is 36.1 Å². The molecule has 5 nitrogen and oxygen atoms in total. The zero-order chi connectivity index (χ0) is 21.9. The summed E-state index contributed by atoms with van der Waals surface area (Å²) in [7, 11) is 0. The van der Waals surface area contributed by atoms with Crippen LogP contribution in [0.3, 0.4) is 0 Å². The topological polar surface area (TPSA) is 25.9 Å². The van der Waals surface area contributed by atoms with E-state index in [0.717, 1.165) is 38.1 Å². The third-order valence-electron chi connectivity index (χ3n) is 6.49. The Bertz CT molecular complexity index is 984. The summed E-state index contributed by atoms with van der Waals surface area (Å²) in [6.07, 6.45) is 4.81. The van der Waals surface area contributed by atoms with Crippen molar-refractivity contribution in [2.75, 3.05) is 46.0 Å². The molecule has 0 aliphatic carbocycles. The standard InChI is InChI=1S/C27H33N5/c1-3-5-18-29-20-31(24-14-9-7-12-22(24)29)26-16-11-17-27(28-26)32-21-30(19-6-4-2)23-13-8-10-15-25(23)32/h7-17H,3-6,18-21H2,1-2H3. The number of pyridine rings is 1. The van der Waals surface area contributed by atoms with Gasteiger partial charge in [0.25, 0.3) is 0 Å². The molecule has 0 bridgehead atoms. The zero-order valence-electron chi connectivity index (χ0n) is 19.2. The largest absolute Gasteiger partial charge is 0.352 e. The Labute approximate surface area is 191 Å². The van der Waals surface area contributed by atoms with Crippen LogP contribution in [0.2, 0.25) is 0 Å². The van der Waals surface area contributed by atoms with Gasteiger partial charge in [0.15, 0.2) is 0 Å². The SMILES string of the molecule is CCCCN1CN(c2cccc(N3CN(CCCC)c4ccccc43)n2)c2ccccc21. The molecule has 2 aliphatic heterocycles. The molecule has 32 heavy (non-hydrogen) atoms. The molecule has 0 radical (unpaired) electrons. The number of hydrogen-bond acceptors (Lipinski definition) is 5. The van der Waals surface area contributed by atoms with Crippen molar-refractivity contribution in [3.05, 3.63) is 66.7 Å². The molecule has 0 fully saturated rings. The third kappa shape index (κ3) is 3.77. The van der Waals surface area contributed by atoms with Crippen LogP contribution in [0.4, 0.5) is 34.4 Å². The van der Waals surface area contributed by atoms with Crippen LogP contribution in [0, 0.1) is 0 Å². The summed E-state index contributed by atoms with van der Waals surface area (Å²) in [6, 6.07) is 23.8.